The molecule has 1 amide bonds. The van der Waals surface area contributed by atoms with Crippen LogP contribution >= 0.6 is 0 Å². The van der Waals surface area contributed by atoms with E-state index in [2.05, 4.69) is 23.1 Å². The first kappa shape index (κ1) is 25.8. The molecule has 3 aliphatic rings. The van der Waals surface area contributed by atoms with Crippen molar-refractivity contribution >= 4 is 27.9 Å². The zero-order valence-corrected chi connectivity index (χ0v) is 21.9. The van der Waals surface area contributed by atoms with Crippen LogP contribution in [0.2, 0.25) is 0 Å². The molecule has 8 heteroatoms. The summed E-state index contributed by atoms with van der Waals surface area (Å²) in [7, 11) is 0. The standard InChI is InChI=1S/C28H39N3O4S/c32-27(30-18-9-12-23(30)20-29-16-5-1-6-17-29)21-35-28(26-15-4-7-19-31(26)36(33)34)25-14-8-11-22-10-2-3-13-24(22)25/h2-3,8,10-11,13-14,23,26,28H,1,4-7,9,12,15-21H2,(H,33,34)/p-1. The van der Waals surface area contributed by atoms with Crippen molar-refractivity contribution in [2.75, 3.05) is 39.3 Å². The summed E-state index contributed by atoms with van der Waals surface area (Å²) in [6.07, 6.45) is 7.88. The van der Waals surface area contributed by atoms with E-state index in [0.717, 1.165) is 74.6 Å². The molecule has 2 aromatic carbocycles. The summed E-state index contributed by atoms with van der Waals surface area (Å²) in [5.74, 6) is 0.0188. The lowest BCUT2D eigenvalue weighted by molar-refractivity contribution is -0.141. The lowest BCUT2D eigenvalue weighted by Crippen LogP contribution is -2.47. The van der Waals surface area contributed by atoms with E-state index >= 15 is 0 Å². The highest BCUT2D eigenvalue weighted by Gasteiger charge is 2.36. The van der Waals surface area contributed by atoms with Gasteiger partial charge < -0.3 is 19.1 Å². The van der Waals surface area contributed by atoms with Gasteiger partial charge in [-0.15, -0.1) is 0 Å². The molecule has 0 aliphatic carbocycles. The summed E-state index contributed by atoms with van der Waals surface area (Å²) in [5, 5.41) is 2.13. The molecule has 0 radical (unpaired) electrons. The minimum absolute atomic E-state index is 0.0188. The maximum Gasteiger partial charge on any atom is 0.248 e. The molecular weight excluding hydrogens is 474 g/mol. The summed E-state index contributed by atoms with van der Waals surface area (Å²) in [4.78, 5) is 18.0. The Balaban J connectivity index is 1.35. The van der Waals surface area contributed by atoms with E-state index in [9.17, 15) is 13.6 Å². The number of benzene rings is 2. The smallest absolute Gasteiger partial charge is 0.248 e. The van der Waals surface area contributed by atoms with Crippen LogP contribution in [-0.4, -0.2) is 80.2 Å². The van der Waals surface area contributed by atoms with E-state index in [-0.39, 0.29) is 24.6 Å². The summed E-state index contributed by atoms with van der Waals surface area (Å²) < 4.78 is 32.2. The molecule has 36 heavy (non-hydrogen) atoms. The highest BCUT2D eigenvalue weighted by Crippen LogP contribution is 2.36. The van der Waals surface area contributed by atoms with E-state index in [1.54, 1.807) is 0 Å². The normalized spacial score (nSPS) is 25.8. The number of carbonyl (C=O) groups excluding carboxylic acids is 1. The maximum atomic E-state index is 13.4. The number of piperidine rings is 2. The van der Waals surface area contributed by atoms with Crippen LogP contribution in [0.5, 0.6) is 0 Å². The number of ether oxygens (including phenoxy) is 1. The van der Waals surface area contributed by atoms with Gasteiger partial charge in [0.15, 0.2) is 0 Å². The zero-order chi connectivity index (χ0) is 24.9. The summed E-state index contributed by atoms with van der Waals surface area (Å²) >= 11 is -2.33. The van der Waals surface area contributed by atoms with Crippen LogP contribution in [0.25, 0.3) is 10.8 Å². The summed E-state index contributed by atoms with van der Waals surface area (Å²) in [5.41, 5.74) is 0.953. The second-order valence-electron chi connectivity index (χ2n) is 10.5. The van der Waals surface area contributed by atoms with Crippen LogP contribution in [0.1, 0.15) is 63.0 Å². The van der Waals surface area contributed by atoms with Crippen molar-refractivity contribution < 1.29 is 18.3 Å². The molecule has 0 aromatic heterocycles. The zero-order valence-electron chi connectivity index (χ0n) is 21.1. The molecule has 3 fully saturated rings. The number of hydrogen-bond donors (Lipinski definition) is 0. The van der Waals surface area contributed by atoms with Gasteiger partial charge in [-0.05, 0) is 68.0 Å². The molecule has 4 unspecified atom stereocenters. The van der Waals surface area contributed by atoms with Crippen LogP contribution in [0.4, 0.5) is 0 Å². The number of hydrogen-bond acceptors (Lipinski definition) is 5. The molecule has 0 bridgehead atoms. The van der Waals surface area contributed by atoms with Crippen molar-refractivity contribution in [1.82, 2.24) is 14.1 Å². The predicted octanol–water partition coefficient (Wildman–Crippen LogP) is 4.02. The molecule has 7 nitrogen and oxygen atoms in total. The molecule has 0 N–H and O–H groups in total. The molecule has 3 aliphatic heterocycles. The maximum absolute atomic E-state index is 13.4. The predicted molar refractivity (Wildman–Crippen MR) is 141 cm³/mol. The van der Waals surface area contributed by atoms with Crippen molar-refractivity contribution in [2.45, 2.75) is 69.6 Å². The lowest BCUT2D eigenvalue weighted by Gasteiger charge is -2.41. The Labute approximate surface area is 217 Å². The number of amides is 1. The van der Waals surface area contributed by atoms with E-state index in [0.29, 0.717) is 6.54 Å². The van der Waals surface area contributed by atoms with Gasteiger partial charge in [-0.3, -0.25) is 9.00 Å². The number of nitrogens with zero attached hydrogens (tertiary/aromatic N) is 3. The van der Waals surface area contributed by atoms with Crippen molar-refractivity contribution in [3.8, 4) is 0 Å². The quantitative estimate of drug-likeness (QED) is 0.500. The summed E-state index contributed by atoms with van der Waals surface area (Å²) in [6, 6.07) is 14.1. The largest absolute Gasteiger partial charge is 0.760 e. The lowest BCUT2D eigenvalue weighted by atomic mass is 9.91. The first-order chi connectivity index (χ1) is 17.6. The molecule has 0 spiro atoms. The molecule has 0 saturated carbocycles. The van der Waals surface area contributed by atoms with Gasteiger partial charge in [0.05, 0.1) is 6.04 Å². The van der Waals surface area contributed by atoms with Crippen LogP contribution in [0.15, 0.2) is 42.5 Å². The first-order valence-electron chi connectivity index (χ1n) is 13.6. The summed E-state index contributed by atoms with van der Waals surface area (Å²) in [6.45, 7) is 4.44. The minimum Gasteiger partial charge on any atom is -0.760 e. The first-order valence-corrected chi connectivity index (χ1v) is 14.6. The Morgan fingerprint density at radius 3 is 2.56 bits per heavy atom. The van der Waals surface area contributed by atoms with Crippen LogP contribution in [0, 0.1) is 0 Å². The van der Waals surface area contributed by atoms with E-state index in [4.69, 9.17) is 4.74 Å². The van der Waals surface area contributed by atoms with Crippen molar-refractivity contribution in [3.05, 3.63) is 48.0 Å². The molecule has 196 valence electrons. The van der Waals surface area contributed by atoms with Gasteiger partial charge in [-0.1, -0.05) is 55.3 Å². The number of carbonyl (C=O) groups is 1. The third kappa shape index (κ3) is 5.83. The molecule has 3 heterocycles. The van der Waals surface area contributed by atoms with Crippen molar-refractivity contribution in [3.63, 3.8) is 0 Å². The Bertz CT molecular complexity index is 1050. The van der Waals surface area contributed by atoms with Gasteiger partial charge >= 0.3 is 0 Å². The minimum atomic E-state index is -2.33. The average Bonchev–Trinajstić information content (AvgIpc) is 3.37. The Morgan fingerprint density at radius 2 is 1.72 bits per heavy atom. The number of rotatable bonds is 8. The van der Waals surface area contributed by atoms with Gasteiger partial charge in [0.2, 0.25) is 5.91 Å². The third-order valence-electron chi connectivity index (χ3n) is 8.17. The Kier molecular flexibility index (Phi) is 8.70. The fourth-order valence-corrected chi connectivity index (χ4v) is 7.08. The second-order valence-corrected chi connectivity index (χ2v) is 11.4. The van der Waals surface area contributed by atoms with E-state index < -0.39 is 17.4 Å². The molecule has 2 aromatic rings. The molecule has 5 rings (SSSR count). The Morgan fingerprint density at radius 1 is 0.944 bits per heavy atom. The highest BCUT2D eigenvalue weighted by molar-refractivity contribution is 7.76. The number of likely N-dealkylation sites (tertiary alicyclic amines) is 2. The highest BCUT2D eigenvalue weighted by atomic mass is 32.2. The topological polar surface area (TPSA) is 76.1 Å². The van der Waals surface area contributed by atoms with E-state index in [1.165, 1.54) is 23.6 Å². The van der Waals surface area contributed by atoms with Crippen molar-refractivity contribution in [1.29, 1.82) is 0 Å². The average molecular weight is 513 g/mol. The van der Waals surface area contributed by atoms with Gasteiger partial charge in [-0.25, -0.2) is 4.31 Å². The van der Waals surface area contributed by atoms with Gasteiger partial charge in [0.1, 0.15) is 12.7 Å². The Hall–Kier alpha value is -1.84. The van der Waals surface area contributed by atoms with Gasteiger partial charge in [0.25, 0.3) is 0 Å². The van der Waals surface area contributed by atoms with Gasteiger partial charge in [-0.2, -0.15) is 0 Å². The number of fused-ring (bicyclic) bond motifs is 1. The molecule has 4 atom stereocenters. The van der Waals surface area contributed by atoms with E-state index in [1.807, 2.05) is 29.2 Å². The van der Waals surface area contributed by atoms with Gasteiger partial charge in [0, 0.05) is 36.9 Å². The SMILES string of the molecule is O=C(COC(c1cccc2ccccc12)C1CCCCN1S(=O)[O-])N1CCCC1CN1CCCCC1. The fraction of sp³-hybridized carbons (Fsp3) is 0.607. The van der Waals surface area contributed by atoms with Crippen molar-refractivity contribution in [2.24, 2.45) is 0 Å². The fourth-order valence-electron chi connectivity index (χ4n) is 6.36. The monoisotopic (exact) mass is 512 g/mol. The van der Waals surface area contributed by atoms with Crippen LogP contribution in [-0.2, 0) is 20.8 Å². The third-order valence-corrected chi connectivity index (χ3v) is 9.01. The molecular formula is C28H38N3O4S-. The van der Waals surface area contributed by atoms with Crippen LogP contribution < -0.4 is 0 Å². The second kappa shape index (κ2) is 12.1. The molecule has 3 saturated heterocycles. The van der Waals surface area contributed by atoms with Crippen LogP contribution in [0.3, 0.4) is 0 Å².